The van der Waals surface area contributed by atoms with Crippen molar-refractivity contribution in [2.45, 2.75) is 31.7 Å². The van der Waals surface area contributed by atoms with Crippen LogP contribution in [-0.4, -0.2) is 39.4 Å². The van der Waals surface area contributed by atoms with Crippen LogP contribution in [0.1, 0.15) is 46.3 Å². The summed E-state index contributed by atoms with van der Waals surface area (Å²) < 4.78 is 27.9. The van der Waals surface area contributed by atoms with Gasteiger partial charge < -0.3 is 9.47 Å². The van der Waals surface area contributed by atoms with Crippen LogP contribution in [-0.2, 0) is 4.79 Å². The van der Waals surface area contributed by atoms with Crippen molar-refractivity contribution in [3.8, 4) is 0 Å². The zero-order valence-electron chi connectivity index (χ0n) is 17.3. The molecule has 2 aliphatic rings. The van der Waals surface area contributed by atoms with E-state index in [1.54, 1.807) is 0 Å². The fraction of sp³-hybridized carbons (Fsp3) is 0.348. The SMILES string of the molecule is C=CC(=O)N1CCC2(CC(n3c(NC(=O)c4ccc(C(F)F)s4)nc4ccccc43)C2)C1. The molecule has 1 N–H and O–H groups in total. The van der Waals surface area contributed by atoms with E-state index in [-0.39, 0.29) is 27.1 Å². The molecule has 6 nitrogen and oxygen atoms in total. The average Bonchev–Trinajstić information content (AvgIpc) is 3.48. The van der Waals surface area contributed by atoms with Crippen LogP contribution in [0.4, 0.5) is 14.7 Å². The molecule has 2 fully saturated rings. The molecule has 0 bridgehead atoms. The van der Waals surface area contributed by atoms with Crippen LogP contribution < -0.4 is 5.32 Å². The Hall–Kier alpha value is -3.07. The van der Waals surface area contributed by atoms with E-state index >= 15 is 0 Å². The van der Waals surface area contributed by atoms with E-state index in [0.29, 0.717) is 12.5 Å². The topological polar surface area (TPSA) is 67.2 Å². The fourth-order valence-electron chi connectivity index (χ4n) is 4.97. The van der Waals surface area contributed by atoms with Crippen LogP contribution in [0.15, 0.2) is 49.1 Å². The molecule has 0 atom stereocenters. The van der Waals surface area contributed by atoms with Gasteiger partial charge in [0.1, 0.15) is 0 Å². The van der Waals surface area contributed by atoms with Crippen LogP contribution in [0.25, 0.3) is 11.0 Å². The molecule has 9 heteroatoms. The van der Waals surface area contributed by atoms with Crippen LogP contribution in [0, 0.1) is 5.41 Å². The number of benzene rings is 1. The number of thiophene rings is 1. The largest absolute Gasteiger partial charge is 0.339 e. The lowest BCUT2D eigenvalue weighted by atomic mass is 9.65. The summed E-state index contributed by atoms with van der Waals surface area (Å²) in [4.78, 5) is 31.3. The number of fused-ring (bicyclic) bond motifs is 1. The van der Waals surface area contributed by atoms with Crippen LogP contribution in [0.5, 0.6) is 0 Å². The van der Waals surface area contributed by atoms with Crippen LogP contribution in [0.3, 0.4) is 0 Å². The Kier molecular flexibility index (Phi) is 5.08. The fourth-order valence-corrected chi connectivity index (χ4v) is 5.72. The minimum atomic E-state index is -2.60. The predicted molar refractivity (Wildman–Crippen MR) is 119 cm³/mol. The summed E-state index contributed by atoms with van der Waals surface area (Å²) >= 11 is 0.785. The molecule has 5 rings (SSSR count). The van der Waals surface area contributed by atoms with E-state index in [2.05, 4.69) is 16.9 Å². The Morgan fingerprint density at radius 2 is 2.03 bits per heavy atom. The zero-order valence-corrected chi connectivity index (χ0v) is 18.1. The Labute approximate surface area is 187 Å². The molecule has 1 saturated carbocycles. The monoisotopic (exact) mass is 456 g/mol. The van der Waals surface area contributed by atoms with Gasteiger partial charge in [-0.15, -0.1) is 11.3 Å². The van der Waals surface area contributed by atoms with Crippen molar-refractivity contribution in [3.05, 3.63) is 58.8 Å². The van der Waals surface area contributed by atoms with Crippen molar-refractivity contribution >= 4 is 40.1 Å². The van der Waals surface area contributed by atoms with Crippen molar-refractivity contribution in [1.29, 1.82) is 0 Å². The number of rotatable bonds is 5. The Morgan fingerprint density at radius 3 is 2.75 bits per heavy atom. The first kappa shape index (κ1) is 20.8. The number of anilines is 1. The summed E-state index contributed by atoms with van der Waals surface area (Å²) in [6.07, 6.45) is 1.47. The maximum atomic E-state index is 12.9. The molecule has 1 saturated heterocycles. The van der Waals surface area contributed by atoms with Crippen LogP contribution in [0.2, 0.25) is 0 Å². The van der Waals surface area contributed by atoms with Gasteiger partial charge in [-0.3, -0.25) is 14.9 Å². The molecule has 1 spiro atoms. The number of likely N-dealkylation sites (tertiary alicyclic amines) is 1. The first-order valence-electron chi connectivity index (χ1n) is 10.5. The molecule has 32 heavy (non-hydrogen) atoms. The van der Waals surface area contributed by atoms with Crippen molar-refractivity contribution in [3.63, 3.8) is 0 Å². The summed E-state index contributed by atoms with van der Waals surface area (Å²) in [6.45, 7) is 5.03. The van der Waals surface area contributed by atoms with Gasteiger partial charge in [0.15, 0.2) is 0 Å². The van der Waals surface area contributed by atoms with Gasteiger partial charge in [0, 0.05) is 19.1 Å². The van der Waals surface area contributed by atoms with E-state index < -0.39 is 12.3 Å². The number of aromatic nitrogens is 2. The molecule has 1 aliphatic carbocycles. The third kappa shape index (κ3) is 3.50. The molecular weight excluding hydrogens is 434 g/mol. The predicted octanol–water partition coefficient (Wildman–Crippen LogP) is 5.03. The molecule has 3 aromatic rings. The summed E-state index contributed by atoms with van der Waals surface area (Å²) in [5.74, 6) is -0.0679. The first-order valence-corrected chi connectivity index (χ1v) is 11.3. The lowest BCUT2D eigenvalue weighted by Crippen LogP contribution is -2.42. The molecule has 1 aromatic carbocycles. The summed E-state index contributed by atoms with van der Waals surface area (Å²) in [5.41, 5.74) is 1.76. The van der Waals surface area contributed by atoms with Crippen molar-refractivity contribution in [2.24, 2.45) is 5.41 Å². The highest BCUT2D eigenvalue weighted by Gasteiger charge is 2.50. The normalized spacial score (nSPS) is 22.5. The third-order valence-corrected chi connectivity index (χ3v) is 7.61. The Balaban J connectivity index is 1.39. The summed E-state index contributed by atoms with van der Waals surface area (Å²) in [7, 11) is 0. The van der Waals surface area contributed by atoms with E-state index in [1.807, 2.05) is 33.7 Å². The smallest absolute Gasteiger partial charge is 0.272 e. The number of hydrogen-bond donors (Lipinski definition) is 1. The second-order valence-corrected chi connectivity index (χ2v) is 9.64. The number of nitrogens with one attached hydrogen (secondary N) is 1. The van der Waals surface area contributed by atoms with Crippen LogP contribution >= 0.6 is 11.3 Å². The highest BCUT2D eigenvalue weighted by Crippen LogP contribution is 2.55. The molecule has 3 heterocycles. The van der Waals surface area contributed by atoms with Gasteiger partial charge in [0.2, 0.25) is 11.9 Å². The second-order valence-electron chi connectivity index (χ2n) is 8.53. The van der Waals surface area contributed by atoms with Gasteiger partial charge in [0.05, 0.1) is 20.8 Å². The molecule has 0 unspecified atom stereocenters. The molecule has 0 radical (unpaired) electrons. The Bertz CT molecular complexity index is 1210. The number of imidazole rings is 1. The number of amides is 2. The minimum absolute atomic E-state index is 0.0366. The highest BCUT2D eigenvalue weighted by atomic mass is 32.1. The number of carbonyl (C=O) groups excluding carboxylic acids is 2. The summed E-state index contributed by atoms with van der Waals surface area (Å²) in [5, 5.41) is 2.83. The van der Waals surface area contributed by atoms with Gasteiger partial charge in [-0.25, -0.2) is 13.8 Å². The van der Waals surface area contributed by atoms with Crippen molar-refractivity contribution in [1.82, 2.24) is 14.5 Å². The van der Waals surface area contributed by atoms with Gasteiger partial charge in [-0.1, -0.05) is 18.7 Å². The maximum Gasteiger partial charge on any atom is 0.272 e. The highest BCUT2D eigenvalue weighted by molar-refractivity contribution is 7.14. The number of hydrogen-bond acceptors (Lipinski definition) is 4. The standard InChI is InChI=1S/C23H22F2N4O2S/c1-2-19(30)28-10-9-23(13-28)11-14(12-23)29-16-6-4-3-5-15(16)26-22(29)27-21(31)18-8-7-17(32-18)20(24)25/h2-8,14,20H,1,9-13H2,(H,26,27,31). The average molecular weight is 457 g/mol. The van der Waals surface area contributed by atoms with E-state index in [4.69, 9.17) is 0 Å². The second kappa shape index (κ2) is 7.81. The molecule has 2 aromatic heterocycles. The lowest BCUT2D eigenvalue weighted by molar-refractivity contribution is -0.125. The van der Waals surface area contributed by atoms with Crippen molar-refractivity contribution < 1.29 is 18.4 Å². The minimum Gasteiger partial charge on any atom is -0.339 e. The number of nitrogens with zero attached hydrogens (tertiary/aromatic N) is 3. The molecule has 166 valence electrons. The summed E-state index contributed by atoms with van der Waals surface area (Å²) in [6, 6.07) is 10.5. The molecular formula is C23H22F2N4O2S. The first-order chi connectivity index (χ1) is 15.4. The van der Waals surface area contributed by atoms with Gasteiger partial charge in [0.25, 0.3) is 12.3 Å². The van der Waals surface area contributed by atoms with Gasteiger partial charge >= 0.3 is 0 Å². The van der Waals surface area contributed by atoms with E-state index in [1.165, 1.54) is 18.2 Å². The van der Waals surface area contributed by atoms with E-state index in [0.717, 1.165) is 48.2 Å². The van der Waals surface area contributed by atoms with Gasteiger partial charge in [-0.2, -0.15) is 0 Å². The number of para-hydroxylation sites is 2. The quantitative estimate of drug-likeness (QED) is 0.548. The number of halogens is 2. The van der Waals surface area contributed by atoms with Gasteiger partial charge in [-0.05, 0) is 55.0 Å². The Morgan fingerprint density at radius 1 is 1.25 bits per heavy atom. The zero-order chi connectivity index (χ0) is 22.5. The number of carbonyl (C=O) groups is 2. The molecule has 1 aliphatic heterocycles. The van der Waals surface area contributed by atoms with Crippen molar-refractivity contribution in [2.75, 3.05) is 18.4 Å². The van der Waals surface area contributed by atoms with E-state index in [9.17, 15) is 18.4 Å². The maximum absolute atomic E-state index is 12.9. The lowest BCUT2D eigenvalue weighted by Gasteiger charge is -2.46. The third-order valence-electron chi connectivity index (χ3n) is 6.51. The molecule has 2 amide bonds. The number of alkyl halides is 2.